The summed E-state index contributed by atoms with van der Waals surface area (Å²) in [6.07, 6.45) is -9.01. The molecule has 2 N–H and O–H groups in total. The van der Waals surface area contributed by atoms with Gasteiger partial charge in [0, 0.05) is 17.5 Å². The minimum absolute atomic E-state index is 0.185. The maximum Gasteiger partial charge on any atom is 0.461 e. The Balaban J connectivity index is 2.23. The summed E-state index contributed by atoms with van der Waals surface area (Å²) in [5, 5.41) is 1.62. The first-order valence-corrected chi connectivity index (χ1v) is 9.47. The average Bonchev–Trinajstić information content (AvgIpc) is 2.54. The van der Waals surface area contributed by atoms with Crippen LogP contribution in [0.25, 0.3) is 0 Å². The number of carbonyl (C=O) groups excluding carboxylic acids is 1. The summed E-state index contributed by atoms with van der Waals surface area (Å²) in [7, 11) is -4.69. The van der Waals surface area contributed by atoms with Crippen LogP contribution in [0.4, 0.5) is 28.3 Å². The lowest BCUT2D eigenvalue weighted by atomic mass is 10.3. The van der Waals surface area contributed by atoms with Gasteiger partial charge >= 0.3 is 18.6 Å². The first kappa shape index (κ1) is 22.6. The number of hydrogen-bond donors (Lipinski definition) is 2. The van der Waals surface area contributed by atoms with E-state index in [1.165, 1.54) is 0 Å². The third kappa shape index (κ3) is 5.90. The van der Waals surface area contributed by atoms with Crippen LogP contribution >= 0.6 is 11.6 Å². The lowest BCUT2D eigenvalue weighted by Gasteiger charge is -2.17. The molecular formula is C15H13ClF4N4O4S. The minimum Gasteiger partial charge on any atom is -0.428 e. The van der Waals surface area contributed by atoms with E-state index in [2.05, 4.69) is 20.0 Å². The number of alkyl halides is 4. The Kier molecular flexibility index (Phi) is 6.53. The molecule has 0 radical (unpaired) electrons. The number of hydrogen-bond acceptors (Lipinski definition) is 6. The predicted molar refractivity (Wildman–Crippen MR) is 93.9 cm³/mol. The highest BCUT2D eigenvalue weighted by Crippen LogP contribution is 2.31. The molecule has 0 spiro atoms. The molecule has 1 aromatic carbocycles. The molecule has 0 bridgehead atoms. The first-order chi connectivity index (χ1) is 13.3. The van der Waals surface area contributed by atoms with Gasteiger partial charge in [0.2, 0.25) is 5.95 Å². The Morgan fingerprint density at radius 3 is 2.31 bits per heavy atom. The Labute approximate surface area is 167 Å². The number of ether oxygens (including phenoxy) is 1. The normalized spacial score (nSPS) is 12.0. The Bertz CT molecular complexity index is 1020. The highest BCUT2D eigenvalue weighted by Gasteiger charge is 2.44. The monoisotopic (exact) mass is 456 g/mol. The zero-order chi connectivity index (χ0) is 22.0. The second-order valence-electron chi connectivity index (χ2n) is 5.59. The fraction of sp³-hybridized carbons (Fsp3) is 0.267. The molecule has 0 atom stereocenters. The highest BCUT2D eigenvalue weighted by molar-refractivity contribution is 7.90. The van der Waals surface area contributed by atoms with Gasteiger partial charge in [0.15, 0.2) is 0 Å². The third-order valence-corrected chi connectivity index (χ3v) is 4.95. The van der Waals surface area contributed by atoms with Crippen molar-refractivity contribution in [3.63, 3.8) is 0 Å². The molecule has 0 saturated heterocycles. The maximum absolute atomic E-state index is 13.0. The second-order valence-corrected chi connectivity index (χ2v) is 7.65. The SMILES string of the molecule is Cc1cc(C)nc(NC(=O)NS(=O)(=O)c2cc(OC(F)(F)C(F)F)ccc2Cl)n1. The minimum atomic E-state index is -4.86. The summed E-state index contributed by atoms with van der Waals surface area (Å²) in [5.74, 6) is -1.09. The van der Waals surface area contributed by atoms with Gasteiger partial charge < -0.3 is 4.74 Å². The number of benzene rings is 1. The van der Waals surface area contributed by atoms with Gasteiger partial charge in [0.1, 0.15) is 10.6 Å². The molecule has 0 aliphatic heterocycles. The topological polar surface area (TPSA) is 110 Å². The van der Waals surface area contributed by atoms with Crippen LogP contribution in [0.1, 0.15) is 11.4 Å². The second kappa shape index (κ2) is 8.37. The van der Waals surface area contributed by atoms with E-state index in [-0.39, 0.29) is 5.95 Å². The zero-order valence-electron chi connectivity index (χ0n) is 14.7. The number of sulfonamides is 1. The van der Waals surface area contributed by atoms with Crippen molar-refractivity contribution < 1.29 is 35.5 Å². The molecule has 1 heterocycles. The van der Waals surface area contributed by atoms with Crippen LogP contribution in [0.2, 0.25) is 5.02 Å². The maximum atomic E-state index is 13.0. The molecule has 14 heteroatoms. The van der Waals surface area contributed by atoms with E-state index in [9.17, 15) is 30.8 Å². The number of nitrogens with zero attached hydrogens (tertiary/aromatic N) is 2. The van der Waals surface area contributed by atoms with E-state index in [4.69, 9.17) is 11.6 Å². The molecule has 2 aromatic rings. The number of carbonyl (C=O) groups is 1. The Morgan fingerprint density at radius 2 is 1.76 bits per heavy atom. The Morgan fingerprint density at radius 1 is 1.17 bits per heavy atom. The molecule has 0 saturated carbocycles. The van der Waals surface area contributed by atoms with E-state index in [0.29, 0.717) is 17.5 Å². The van der Waals surface area contributed by atoms with E-state index >= 15 is 0 Å². The summed E-state index contributed by atoms with van der Waals surface area (Å²) in [5.41, 5.74) is 1.01. The molecule has 2 amide bonds. The zero-order valence-corrected chi connectivity index (χ0v) is 16.3. The standard InChI is InChI=1S/C15H13ClF4N4O4S/c1-7-5-8(2)22-13(21-7)23-14(25)24-29(26,27)11-6-9(3-4-10(11)16)28-15(19,20)12(17)18/h3-6,12H,1-2H3,(H2,21,22,23,24,25). The fourth-order valence-electron chi connectivity index (χ4n) is 2.04. The van der Waals surface area contributed by atoms with Crippen LogP contribution in [0.5, 0.6) is 5.75 Å². The quantitative estimate of drug-likeness (QED) is 0.644. The number of aryl methyl sites for hydroxylation is 2. The number of nitrogens with one attached hydrogen (secondary N) is 2. The van der Waals surface area contributed by atoms with Gasteiger partial charge in [-0.15, -0.1) is 0 Å². The van der Waals surface area contributed by atoms with Crippen LogP contribution in [-0.4, -0.2) is 37.0 Å². The van der Waals surface area contributed by atoms with E-state index < -0.39 is 44.3 Å². The van der Waals surface area contributed by atoms with Crippen molar-refractivity contribution in [3.05, 3.63) is 40.7 Å². The van der Waals surface area contributed by atoms with Crippen LogP contribution < -0.4 is 14.8 Å². The summed E-state index contributed by atoms with van der Waals surface area (Å²) >= 11 is 5.73. The van der Waals surface area contributed by atoms with Crippen molar-refractivity contribution in [1.29, 1.82) is 0 Å². The van der Waals surface area contributed by atoms with Gasteiger partial charge in [0.25, 0.3) is 10.0 Å². The van der Waals surface area contributed by atoms with Crippen molar-refractivity contribution in [2.75, 3.05) is 5.32 Å². The summed E-state index contributed by atoms with van der Waals surface area (Å²) in [4.78, 5) is 18.9. The van der Waals surface area contributed by atoms with Gasteiger partial charge in [-0.1, -0.05) is 11.6 Å². The molecule has 0 fully saturated rings. The van der Waals surface area contributed by atoms with Gasteiger partial charge in [0.05, 0.1) is 5.02 Å². The highest BCUT2D eigenvalue weighted by atomic mass is 35.5. The lowest BCUT2D eigenvalue weighted by Crippen LogP contribution is -2.35. The van der Waals surface area contributed by atoms with Gasteiger partial charge in [-0.2, -0.15) is 17.6 Å². The molecule has 8 nitrogen and oxygen atoms in total. The lowest BCUT2D eigenvalue weighted by molar-refractivity contribution is -0.253. The van der Waals surface area contributed by atoms with Crippen molar-refractivity contribution >= 4 is 33.6 Å². The third-order valence-electron chi connectivity index (χ3n) is 3.13. The molecule has 2 rings (SSSR count). The van der Waals surface area contributed by atoms with Gasteiger partial charge in [-0.05, 0) is 32.0 Å². The molecular weight excluding hydrogens is 444 g/mol. The van der Waals surface area contributed by atoms with Crippen LogP contribution in [0, 0.1) is 13.8 Å². The van der Waals surface area contributed by atoms with Crippen molar-refractivity contribution in [2.45, 2.75) is 31.3 Å². The van der Waals surface area contributed by atoms with Gasteiger partial charge in [-0.25, -0.2) is 27.9 Å². The van der Waals surface area contributed by atoms with Crippen molar-refractivity contribution in [1.82, 2.24) is 14.7 Å². The molecule has 1 aromatic heterocycles. The largest absolute Gasteiger partial charge is 0.461 e. The summed E-state index contributed by atoms with van der Waals surface area (Å²) in [6, 6.07) is 2.41. The van der Waals surface area contributed by atoms with E-state index in [0.717, 1.165) is 12.1 Å². The van der Waals surface area contributed by atoms with Crippen molar-refractivity contribution in [2.24, 2.45) is 0 Å². The average molecular weight is 457 g/mol. The van der Waals surface area contributed by atoms with Crippen molar-refractivity contribution in [3.8, 4) is 5.75 Å². The van der Waals surface area contributed by atoms with E-state index in [1.807, 2.05) is 0 Å². The predicted octanol–water partition coefficient (Wildman–Crippen LogP) is 3.49. The first-order valence-electron chi connectivity index (χ1n) is 7.61. The number of urea groups is 1. The van der Waals surface area contributed by atoms with Crippen LogP contribution in [-0.2, 0) is 10.0 Å². The number of aromatic nitrogens is 2. The number of rotatable bonds is 6. The van der Waals surface area contributed by atoms with Gasteiger partial charge in [-0.3, -0.25) is 5.32 Å². The molecule has 0 unspecified atom stereocenters. The number of amides is 2. The van der Waals surface area contributed by atoms with Crippen LogP contribution in [0.3, 0.4) is 0 Å². The number of halogens is 5. The summed E-state index contributed by atoms with van der Waals surface area (Å²) in [6.45, 7) is 3.24. The molecule has 158 valence electrons. The Hall–Kier alpha value is -2.67. The van der Waals surface area contributed by atoms with Crippen LogP contribution in [0.15, 0.2) is 29.2 Å². The smallest absolute Gasteiger partial charge is 0.428 e. The molecule has 0 aliphatic rings. The molecule has 29 heavy (non-hydrogen) atoms. The molecule has 0 aliphatic carbocycles. The fourth-order valence-corrected chi connectivity index (χ4v) is 3.46. The summed E-state index contributed by atoms with van der Waals surface area (Å²) < 4.78 is 80.7. The number of anilines is 1. The van der Waals surface area contributed by atoms with E-state index in [1.54, 1.807) is 24.6 Å².